The maximum Gasteiger partial charge on any atom is 0.204 e. The van der Waals surface area contributed by atoms with Crippen LogP contribution in [0.3, 0.4) is 0 Å². The molecule has 0 radical (unpaired) electrons. The van der Waals surface area contributed by atoms with E-state index in [-0.39, 0.29) is 11.5 Å². The smallest absolute Gasteiger partial charge is 0.204 e. The molecule has 0 N–H and O–H groups in total. The van der Waals surface area contributed by atoms with E-state index in [2.05, 4.69) is 26.0 Å². The number of hydrogen-bond donors (Lipinski definition) is 0. The van der Waals surface area contributed by atoms with Crippen LogP contribution in [0, 0.1) is 29.4 Å². The first-order valence-electron chi connectivity index (χ1n) is 10.9. The summed E-state index contributed by atoms with van der Waals surface area (Å²) in [4.78, 5) is 0. The van der Waals surface area contributed by atoms with Gasteiger partial charge >= 0.3 is 0 Å². The molecule has 158 valence electrons. The summed E-state index contributed by atoms with van der Waals surface area (Å²) in [6.45, 7) is 4.82. The molecule has 1 saturated carbocycles. The van der Waals surface area contributed by atoms with Crippen LogP contribution in [0.4, 0.5) is 8.78 Å². The third kappa shape index (κ3) is 6.79. The van der Waals surface area contributed by atoms with Crippen LogP contribution in [-0.2, 0) is 0 Å². The lowest BCUT2D eigenvalue weighted by atomic mass is 9.79. The minimum atomic E-state index is -0.983. The molecule has 1 aliphatic rings. The van der Waals surface area contributed by atoms with Crippen LogP contribution in [0.2, 0.25) is 0 Å². The molecule has 1 aromatic carbocycles. The van der Waals surface area contributed by atoms with Crippen LogP contribution in [-0.4, -0.2) is 13.7 Å². The summed E-state index contributed by atoms with van der Waals surface area (Å²) in [7, 11) is 1.32. The quantitative estimate of drug-likeness (QED) is 0.366. The zero-order chi connectivity index (χ0) is 20.4. The van der Waals surface area contributed by atoms with Crippen molar-refractivity contribution in [3.63, 3.8) is 0 Å². The first-order chi connectivity index (χ1) is 13.6. The fraction of sp³-hybridized carbons (Fsp3) is 0.667. The third-order valence-corrected chi connectivity index (χ3v) is 5.98. The van der Waals surface area contributed by atoms with Crippen LogP contribution in [0.25, 0.3) is 0 Å². The Balaban J connectivity index is 1.69. The van der Waals surface area contributed by atoms with Gasteiger partial charge < -0.3 is 9.47 Å². The Morgan fingerprint density at radius 1 is 1.04 bits per heavy atom. The first-order valence-corrected chi connectivity index (χ1v) is 10.9. The van der Waals surface area contributed by atoms with E-state index in [1.165, 1.54) is 64.2 Å². The van der Waals surface area contributed by atoms with E-state index in [0.717, 1.165) is 24.7 Å². The van der Waals surface area contributed by atoms with Gasteiger partial charge in [0.05, 0.1) is 13.7 Å². The summed E-state index contributed by atoms with van der Waals surface area (Å²) in [6, 6.07) is 2.85. The van der Waals surface area contributed by atoms with E-state index in [9.17, 15) is 8.78 Å². The lowest BCUT2D eigenvalue weighted by Crippen LogP contribution is -2.20. The van der Waals surface area contributed by atoms with E-state index in [1.807, 2.05) is 0 Å². The largest absolute Gasteiger partial charge is 0.494 e. The number of hydrogen-bond acceptors (Lipinski definition) is 2. The molecule has 1 aliphatic carbocycles. The van der Waals surface area contributed by atoms with Crippen LogP contribution < -0.4 is 9.47 Å². The molecule has 2 nitrogen and oxygen atoms in total. The fourth-order valence-electron chi connectivity index (χ4n) is 4.33. The molecule has 0 aliphatic heterocycles. The van der Waals surface area contributed by atoms with Crippen LogP contribution in [0.15, 0.2) is 24.3 Å². The minimum absolute atomic E-state index is 0.0219. The lowest BCUT2D eigenvalue weighted by molar-refractivity contribution is 0.171. The van der Waals surface area contributed by atoms with E-state index >= 15 is 0 Å². The van der Waals surface area contributed by atoms with Crippen molar-refractivity contribution in [3.05, 3.63) is 35.9 Å². The van der Waals surface area contributed by atoms with E-state index in [4.69, 9.17) is 9.47 Å². The maximum atomic E-state index is 14.0. The molecule has 0 bridgehead atoms. The summed E-state index contributed by atoms with van der Waals surface area (Å²) in [6.07, 6.45) is 15.6. The van der Waals surface area contributed by atoms with Gasteiger partial charge in [0, 0.05) is 0 Å². The molecule has 1 unspecified atom stereocenters. The van der Waals surface area contributed by atoms with E-state index in [1.54, 1.807) is 0 Å². The second-order valence-corrected chi connectivity index (χ2v) is 8.10. The van der Waals surface area contributed by atoms with Gasteiger partial charge in [-0.1, -0.05) is 51.2 Å². The van der Waals surface area contributed by atoms with Gasteiger partial charge in [0.2, 0.25) is 11.6 Å². The molecular formula is C24H36F2O2. The predicted molar refractivity (Wildman–Crippen MR) is 111 cm³/mol. The van der Waals surface area contributed by atoms with Crippen LogP contribution >= 0.6 is 0 Å². The highest BCUT2D eigenvalue weighted by Crippen LogP contribution is 2.34. The van der Waals surface area contributed by atoms with Gasteiger partial charge in [0.25, 0.3) is 0 Å². The molecule has 0 saturated heterocycles. The van der Waals surface area contributed by atoms with Gasteiger partial charge in [-0.3, -0.25) is 0 Å². The van der Waals surface area contributed by atoms with Crippen molar-refractivity contribution >= 4 is 0 Å². The van der Waals surface area contributed by atoms with Crippen molar-refractivity contribution in [2.45, 2.75) is 71.6 Å². The Labute approximate surface area is 169 Å². The summed E-state index contributed by atoms with van der Waals surface area (Å²) < 4.78 is 38.1. The zero-order valence-electron chi connectivity index (χ0n) is 17.7. The molecule has 1 fully saturated rings. The molecule has 0 heterocycles. The van der Waals surface area contributed by atoms with E-state index in [0.29, 0.717) is 12.5 Å². The number of rotatable bonds is 11. The number of allylic oxidation sites excluding steroid dienone is 2. The second kappa shape index (κ2) is 12.1. The Morgan fingerprint density at radius 3 is 2.32 bits per heavy atom. The van der Waals surface area contributed by atoms with Crippen molar-refractivity contribution in [2.75, 3.05) is 13.7 Å². The minimum Gasteiger partial charge on any atom is -0.494 e. The average Bonchev–Trinajstić information content (AvgIpc) is 2.70. The SMILES string of the molecule is C/C=C/C(CCC)CCCC1CCC(COc2ccc(OC)c(F)c2F)CC1. The standard InChI is InChI=1S/C24H36F2O2/c1-4-7-18(8-5-2)9-6-10-19-11-13-20(14-12-19)17-28-22-16-15-21(27-3)23(25)24(22)26/h4,7,15-16,18-20H,5-6,8-14,17H2,1-3H3/b7-4+. The molecule has 1 atom stereocenters. The number of methoxy groups -OCH3 is 1. The van der Waals surface area contributed by atoms with Crippen molar-refractivity contribution in [1.82, 2.24) is 0 Å². The number of benzene rings is 1. The highest BCUT2D eigenvalue weighted by atomic mass is 19.2. The Morgan fingerprint density at radius 2 is 1.68 bits per heavy atom. The third-order valence-electron chi connectivity index (χ3n) is 5.98. The van der Waals surface area contributed by atoms with Crippen molar-refractivity contribution in [1.29, 1.82) is 0 Å². The lowest BCUT2D eigenvalue weighted by Gasteiger charge is -2.28. The average molecular weight is 395 g/mol. The fourth-order valence-corrected chi connectivity index (χ4v) is 4.33. The normalized spacial score (nSPS) is 21.0. The molecule has 2 rings (SSSR count). The number of halogens is 2. The number of ether oxygens (including phenoxy) is 2. The molecular weight excluding hydrogens is 358 g/mol. The molecule has 4 heteroatoms. The van der Waals surface area contributed by atoms with Crippen molar-refractivity contribution in [2.24, 2.45) is 17.8 Å². The van der Waals surface area contributed by atoms with Crippen molar-refractivity contribution < 1.29 is 18.3 Å². The Kier molecular flexibility index (Phi) is 9.80. The van der Waals surface area contributed by atoms with Gasteiger partial charge in [-0.15, -0.1) is 0 Å². The molecule has 0 aromatic heterocycles. The van der Waals surface area contributed by atoms with Crippen LogP contribution in [0.1, 0.15) is 71.6 Å². The van der Waals surface area contributed by atoms with Crippen molar-refractivity contribution in [3.8, 4) is 11.5 Å². The molecule has 1 aromatic rings. The van der Waals surface area contributed by atoms with Gasteiger partial charge in [-0.05, 0) is 62.5 Å². The molecule has 28 heavy (non-hydrogen) atoms. The summed E-state index contributed by atoms with van der Waals surface area (Å²) in [5.74, 6) is -0.0957. The zero-order valence-corrected chi connectivity index (χ0v) is 17.7. The topological polar surface area (TPSA) is 18.5 Å². The summed E-state index contributed by atoms with van der Waals surface area (Å²) >= 11 is 0. The van der Waals surface area contributed by atoms with Gasteiger partial charge in [0.1, 0.15) is 0 Å². The Bertz CT molecular complexity index is 607. The predicted octanol–water partition coefficient (Wildman–Crippen LogP) is 7.32. The second-order valence-electron chi connectivity index (χ2n) is 8.10. The first kappa shape index (κ1) is 22.7. The van der Waals surface area contributed by atoms with Crippen LogP contribution in [0.5, 0.6) is 11.5 Å². The van der Waals surface area contributed by atoms with Gasteiger partial charge in [0.15, 0.2) is 11.5 Å². The molecule has 0 amide bonds. The van der Waals surface area contributed by atoms with Gasteiger partial charge in [-0.2, -0.15) is 8.78 Å². The maximum absolute atomic E-state index is 14.0. The van der Waals surface area contributed by atoms with Gasteiger partial charge in [-0.25, -0.2) is 0 Å². The van der Waals surface area contributed by atoms with E-state index < -0.39 is 11.6 Å². The highest BCUT2D eigenvalue weighted by molar-refractivity contribution is 5.34. The summed E-state index contributed by atoms with van der Waals surface area (Å²) in [5.41, 5.74) is 0. The highest BCUT2D eigenvalue weighted by Gasteiger charge is 2.23. The molecule has 0 spiro atoms. The summed E-state index contributed by atoms with van der Waals surface area (Å²) in [5, 5.41) is 0. The monoisotopic (exact) mass is 394 g/mol. The Hall–Kier alpha value is -1.58.